The van der Waals surface area contributed by atoms with Gasteiger partial charge in [0, 0.05) is 23.3 Å². The third-order valence-corrected chi connectivity index (χ3v) is 2.07. The number of carbonyl (C=O) groups is 1. The summed E-state index contributed by atoms with van der Waals surface area (Å²) in [6.45, 7) is 0. The molecule has 3 rings (SSSR count). The van der Waals surface area contributed by atoms with Gasteiger partial charge >= 0.3 is 0 Å². The number of pyridine rings is 1. The van der Waals surface area contributed by atoms with Gasteiger partial charge in [0.05, 0.1) is 0 Å². The summed E-state index contributed by atoms with van der Waals surface area (Å²) in [5, 5.41) is 3.72. The number of hydrazone groups is 1. The van der Waals surface area contributed by atoms with Gasteiger partial charge in [-0.25, -0.2) is 0 Å². The Kier molecular flexibility index (Phi) is 8.20. The van der Waals surface area contributed by atoms with Crippen molar-refractivity contribution >= 4 is 12.1 Å². The van der Waals surface area contributed by atoms with E-state index in [2.05, 4.69) is 64.0 Å². The van der Waals surface area contributed by atoms with Gasteiger partial charge in [0.15, 0.2) is 0 Å². The molecule has 5 heteroatoms. The van der Waals surface area contributed by atoms with Crippen LogP contribution in [0, 0.1) is 48.5 Å². The fourth-order valence-corrected chi connectivity index (χ4v) is 1.18. The Labute approximate surface area is 140 Å². The van der Waals surface area contributed by atoms with Crippen molar-refractivity contribution in [2.45, 2.75) is 0 Å². The minimum absolute atomic E-state index is 0. The molecule has 22 heavy (non-hydrogen) atoms. The molecule has 1 N–H and O–H groups in total. The van der Waals surface area contributed by atoms with Crippen LogP contribution in [0.3, 0.4) is 0 Å². The zero-order chi connectivity index (χ0) is 14.8. The van der Waals surface area contributed by atoms with Crippen molar-refractivity contribution < 1.29 is 21.9 Å². The number of rotatable bonds is 3. The molecule has 0 aliphatic heterocycles. The summed E-state index contributed by atoms with van der Waals surface area (Å²) >= 11 is 0. The van der Waals surface area contributed by atoms with Crippen molar-refractivity contribution in [3.63, 3.8) is 0 Å². The predicted octanol–water partition coefficient (Wildman–Crippen LogP) is 1.37. The maximum atomic E-state index is 11.4. The standard InChI is InChI=1S/C12H6N3O.C5H.Fe/c16-12(11-7-3-4-8-13-11)15-14-9-10-5-1-2-6-10;1-2-4-5-3-1;/h3-4,7-9H,(H,15,16);1H;/q2*-5;. The Morgan fingerprint density at radius 3 is 2.50 bits per heavy atom. The molecule has 0 saturated heterocycles. The van der Waals surface area contributed by atoms with E-state index in [-0.39, 0.29) is 23.0 Å². The Balaban J connectivity index is 0.000000344. The van der Waals surface area contributed by atoms with E-state index in [9.17, 15) is 4.79 Å². The second kappa shape index (κ2) is 10.3. The average molecular weight is 325 g/mol. The maximum absolute atomic E-state index is 11.4. The molecule has 0 aliphatic carbocycles. The van der Waals surface area contributed by atoms with Gasteiger partial charge in [0.2, 0.25) is 0 Å². The molecule has 0 atom stereocenters. The summed E-state index contributed by atoms with van der Waals surface area (Å²) in [5.41, 5.74) is 3.24. The largest absolute Gasteiger partial charge is 0.999 e. The van der Waals surface area contributed by atoms with Gasteiger partial charge in [-0.3, -0.25) is 15.2 Å². The first-order chi connectivity index (χ1) is 10.4. The van der Waals surface area contributed by atoms with Crippen molar-refractivity contribution in [1.82, 2.24) is 10.4 Å². The van der Waals surface area contributed by atoms with Crippen molar-refractivity contribution in [1.29, 1.82) is 0 Å². The summed E-state index contributed by atoms with van der Waals surface area (Å²) in [5.74, 6) is -0.364. The number of hydrogen-bond acceptors (Lipinski definition) is 3. The summed E-state index contributed by atoms with van der Waals surface area (Å²) < 4.78 is 0. The summed E-state index contributed by atoms with van der Waals surface area (Å²) in [6, 6.07) is 27.6. The fourth-order valence-electron chi connectivity index (χ4n) is 1.18. The van der Waals surface area contributed by atoms with Crippen LogP contribution in [0.4, 0.5) is 0 Å². The van der Waals surface area contributed by atoms with Gasteiger partial charge < -0.3 is 71.5 Å². The van der Waals surface area contributed by atoms with Crippen LogP contribution in [0.2, 0.25) is 0 Å². The zero-order valence-corrected chi connectivity index (χ0v) is 12.2. The number of carbonyl (C=O) groups excluding carboxylic acids is 1. The Bertz CT molecular complexity index is 629. The topological polar surface area (TPSA) is 54.4 Å². The predicted molar refractivity (Wildman–Crippen MR) is 74.1 cm³/mol. The summed E-state index contributed by atoms with van der Waals surface area (Å²) in [7, 11) is 0. The first-order valence-corrected chi connectivity index (χ1v) is 5.82. The number of nitrogens with zero attached hydrogens (tertiary/aromatic N) is 2. The van der Waals surface area contributed by atoms with Crippen LogP contribution >= 0.6 is 0 Å². The minimum Gasteiger partial charge on any atom is -0.999 e. The Morgan fingerprint density at radius 2 is 1.95 bits per heavy atom. The molecule has 0 radical (unpaired) electrons. The first-order valence-electron chi connectivity index (χ1n) is 5.82. The van der Waals surface area contributed by atoms with Crippen LogP contribution in [0.15, 0.2) is 35.6 Å². The minimum atomic E-state index is -0.364. The van der Waals surface area contributed by atoms with Gasteiger partial charge in [-0.15, -0.1) is 0 Å². The molecule has 1 heterocycles. The van der Waals surface area contributed by atoms with E-state index < -0.39 is 0 Å². The fraction of sp³-hybridized carbons (Fsp3) is 0. The molecule has 2 aromatic carbocycles. The van der Waals surface area contributed by atoms with E-state index in [1.165, 1.54) is 6.21 Å². The normalized spacial score (nSPS) is 9.45. The van der Waals surface area contributed by atoms with Crippen LogP contribution in [-0.2, 0) is 17.1 Å². The smallest absolute Gasteiger partial charge is 0.287 e. The average Bonchev–Trinajstić information content (AvgIpc) is 3.24. The van der Waals surface area contributed by atoms with E-state index in [1.807, 2.05) is 0 Å². The SMILES string of the molecule is O=C(NN=C[c-]1[c-][c-][c-][c-]1)c1ccccn1.[Fe].[c-]1[c-][c-][cH-][c-]1. The number of hydrogen-bond donors (Lipinski definition) is 1. The van der Waals surface area contributed by atoms with Crippen LogP contribution in [-0.4, -0.2) is 17.1 Å². The number of amides is 1. The summed E-state index contributed by atoms with van der Waals surface area (Å²) in [4.78, 5) is 15.3. The molecular formula is C17H7FeN3O-10. The van der Waals surface area contributed by atoms with Crippen LogP contribution in [0.25, 0.3) is 0 Å². The van der Waals surface area contributed by atoms with E-state index in [1.54, 1.807) is 30.5 Å². The molecule has 0 bridgehead atoms. The van der Waals surface area contributed by atoms with Gasteiger partial charge in [-0.2, -0.15) is 0 Å². The van der Waals surface area contributed by atoms with Gasteiger partial charge in [-0.1, -0.05) is 6.07 Å². The van der Waals surface area contributed by atoms with Crippen molar-refractivity contribution in [3.8, 4) is 0 Å². The van der Waals surface area contributed by atoms with E-state index in [0.717, 1.165) is 0 Å². The molecule has 0 spiro atoms. The van der Waals surface area contributed by atoms with Crippen LogP contribution < -0.4 is 5.43 Å². The molecule has 0 saturated carbocycles. The first kappa shape index (κ1) is 17.6. The van der Waals surface area contributed by atoms with Gasteiger partial charge in [0.25, 0.3) is 5.91 Å². The monoisotopic (exact) mass is 325 g/mol. The molecule has 3 aromatic rings. The Hall–Kier alpha value is -2.49. The molecule has 1 amide bonds. The third-order valence-electron chi connectivity index (χ3n) is 2.07. The zero-order valence-electron chi connectivity index (χ0n) is 11.1. The van der Waals surface area contributed by atoms with Crippen LogP contribution in [0.5, 0.6) is 0 Å². The molecule has 4 nitrogen and oxygen atoms in total. The molecule has 0 unspecified atom stereocenters. The number of nitrogens with one attached hydrogen (secondary N) is 1. The second-order valence-electron chi connectivity index (χ2n) is 3.51. The van der Waals surface area contributed by atoms with Crippen LogP contribution in [0.1, 0.15) is 16.1 Å². The molecule has 0 aliphatic rings. The second-order valence-corrected chi connectivity index (χ2v) is 3.51. The molecular weight excluding hydrogens is 318 g/mol. The van der Waals surface area contributed by atoms with Gasteiger partial charge in [-0.05, 0) is 12.1 Å². The quantitative estimate of drug-likeness (QED) is 0.342. The maximum Gasteiger partial charge on any atom is 0.287 e. The van der Waals surface area contributed by atoms with Crippen molar-refractivity contribution in [2.75, 3.05) is 0 Å². The third kappa shape index (κ3) is 6.31. The Morgan fingerprint density at radius 1 is 1.23 bits per heavy atom. The molecule has 0 fully saturated rings. The van der Waals surface area contributed by atoms with Crippen molar-refractivity contribution in [2.24, 2.45) is 5.10 Å². The number of aromatic nitrogens is 1. The summed E-state index contributed by atoms with van der Waals surface area (Å²) in [6.07, 6.45) is 2.95. The van der Waals surface area contributed by atoms with E-state index in [0.29, 0.717) is 11.3 Å². The molecule has 114 valence electrons. The molecule has 1 aromatic heterocycles. The van der Waals surface area contributed by atoms with Crippen molar-refractivity contribution in [3.05, 3.63) is 90.3 Å². The van der Waals surface area contributed by atoms with E-state index in [4.69, 9.17) is 0 Å². The van der Waals surface area contributed by atoms with Gasteiger partial charge in [0.1, 0.15) is 5.69 Å². The van der Waals surface area contributed by atoms with E-state index >= 15 is 0 Å².